The van der Waals surface area contributed by atoms with Gasteiger partial charge in [-0.05, 0) is 55.0 Å². The van der Waals surface area contributed by atoms with E-state index in [-0.39, 0.29) is 22.9 Å². The topological polar surface area (TPSA) is 20.3 Å². The number of thiol groups is 1. The van der Waals surface area contributed by atoms with Crippen LogP contribution in [-0.4, -0.2) is 29.6 Å². The first-order valence-corrected chi connectivity index (χ1v) is 8.42. The summed E-state index contributed by atoms with van der Waals surface area (Å²) in [7, 11) is 0. The molecule has 2 nitrogen and oxygen atoms in total. The van der Waals surface area contributed by atoms with Crippen molar-refractivity contribution in [2.45, 2.75) is 51.9 Å². The first kappa shape index (κ1) is 19.5. The van der Waals surface area contributed by atoms with Crippen molar-refractivity contribution in [1.29, 1.82) is 0 Å². The number of benzene rings is 1. The second-order valence-corrected chi connectivity index (χ2v) is 7.49. The molecule has 1 aromatic rings. The van der Waals surface area contributed by atoms with Crippen molar-refractivity contribution in [3.05, 3.63) is 34.9 Å². The number of nitrogens with zero attached hydrogens (tertiary/aromatic N) is 1. The number of halogens is 1. The van der Waals surface area contributed by atoms with Gasteiger partial charge in [0.05, 0.1) is 0 Å². The second-order valence-electron chi connectivity index (χ2n) is 7.08. The quantitative estimate of drug-likeness (QED) is 0.813. The van der Waals surface area contributed by atoms with Crippen LogP contribution in [0.4, 0.5) is 0 Å². The maximum Gasteiger partial charge on any atom is 0.216 e. The van der Waals surface area contributed by atoms with Crippen LogP contribution in [0.15, 0.2) is 18.2 Å². The van der Waals surface area contributed by atoms with E-state index in [4.69, 9.17) is 0 Å². The minimum Gasteiger partial charge on any atom is -0.303 e. The van der Waals surface area contributed by atoms with E-state index in [2.05, 4.69) is 50.4 Å². The van der Waals surface area contributed by atoms with E-state index in [1.165, 1.54) is 37.9 Å². The molecular formula is C18H28ClNOS. The smallest absolute Gasteiger partial charge is 0.216 e. The molecule has 22 heavy (non-hydrogen) atoms. The van der Waals surface area contributed by atoms with Crippen molar-refractivity contribution < 1.29 is 4.79 Å². The fraction of sp³-hybridized carbons (Fsp3) is 0.611. The summed E-state index contributed by atoms with van der Waals surface area (Å²) in [6, 6.07) is 6.21. The minimum absolute atomic E-state index is 0. The normalized spacial score (nSPS) is 16.2. The Kier molecular flexibility index (Phi) is 7.43. The molecule has 1 heterocycles. The van der Waals surface area contributed by atoms with Gasteiger partial charge in [0.25, 0.3) is 0 Å². The van der Waals surface area contributed by atoms with Crippen molar-refractivity contribution in [3.63, 3.8) is 0 Å². The predicted octanol–water partition coefficient (Wildman–Crippen LogP) is 4.50. The molecule has 0 aromatic heterocycles. The van der Waals surface area contributed by atoms with Gasteiger partial charge < -0.3 is 4.90 Å². The summed E-state index contributed by atoms with van der Waals surface area (Å²) in [4.78, 5) is 14.2. The molecular weight excluding hydrogens is 314 g/mol. The highest BCUT2D eigenvalue weighted by Crippen LogP contribution is 2.26. The lowest BCUT2D eigenvalue weighted by atomic mass is 9.85. The van der Waals surface area contributed by atoms with Crippen LogP contribution in [0.2, 0.25) is 0 Å². The maximum absolute atomic E-state index is 11.7. The minimum atomic E-state index is -0.121. The molecule has 1 aliphatic rings. The molecule has 0 unspecified atom stereocenters. The van der Waals surface area contributed by atoms with Gasteiger partial charge >= 0.3 is 0 Å². The third kappa shape index (κ3) is 5.29. The van der Waals surface area contributed by atoms with Gasteiger partial charge in [0, 0.05) is 12.1 Å². The molecule has 1 aliphatic heterocycles. The van der Waals surface area contributed by atoms with E-state index in [1.54, 1.807) is 0 Å². The molecule has 1 aromatic carbocycles. The molecule has 1 fully saturated rings. The second kappa shape index (κ2) is 8.37. The fourth-order valence-electron chi connectivity index (χ4n) is 2.94. The van der Waals surface area contributed by atoms with E-state index in [9.17, 15) is 4.79 Å². The Morgan fingerprint density at radius 2 is 1.82 bits per heavy atom. The monoisotopic (exact) mass is 341 g/mol. The van der Waals surface area contributed by atoms with Crippen molar-refractivity contribution in [1.82, 2.24) is 4.90 Å². The summed E-state index contributed by atoms with van der Waals surface area (Å²) >= 11 is 4.03. The molecule has 0 amide bonds. The number of piperidine rings is 1. The molecule has 0 bridgehead atoms. The Balaban J connectivity index is 0.00000242. The van der Waals surface area contributed by atoms with Crippen LogP contribution in [0, 0.1) is 0 Å². The third-order valence-electron chi connectivity index (χ3n) is 4.35. The van der Waals surface area contributed by atoms with Gasteiger partial charge in [-0.1, -0.05) is 39.3 Å². The van der Waals surface area contributed by atoms with Crippen LogP contribution < -0.4 is 0 Å². The summed E-state index contributed by atoms with van der Waals surface area (Å²) in [6.07, 6.45) is 4.91. The van der Waals surface area contributed by atoms with Gasteiger partial charge in [-0.25, -0.2) is 0 Å². The number of likely N-dealkylation sites (tertiary alicyclic amines) is 1. The predicted molar refractivity (Wildman–Crippen MR) is 99.7 cm³/mol. The number of carbonyl (C=O) groups is 1. The number of hydrogen-bond acceptors (Lipinski definition) is 2. The van der Waals surface area contributed by atoms with Crippen LogP contribution in [0.25, 0.3) is 0 Å². The Labute approximate surface area is 146 Å². The van der Waals surface area contributed by atoms with Gasteiger partial charge in [-0.3, -0.25) is 4.79 Å². The molecule has 1 saturated heterocycles. The Bertz CT molecular complexity index is 504. The average Bonchev–Trinajstić information content (AvgIpc) is 2.45. The summed E-state index contributed by atoms with van der Waals surface area (Å²) in [6.45, 7) is 10.1. The zero-order valence-electron chi connectivity index (χ0n) is 13.9. The largest absolute Gasteiger partial charge is 0.303 e. The van der Waals surface area contributed by atoms with Crippen LogP contribution in [-0.2, 0) is 11.8 Å². The van der Waals surface area contributed by atoms with E-state index >= 15 is 0 Å². The third-order valence-corrected chi connectivity index (χ3v) is 4.59. The van der Waals surface area contributed by atoms with Crippen LogP contribution in [0.3, 0.4) is 0 Å². The lowest BCUT2D eigenvalue weighted by molar-refractivity contribution is 0.109. The summed E-state index contributed by atoms with van der Waals surface area (Å²) in [5.74, 6) is 0. The highest BCUT2D eigenvalue weighted by atomic mass is 35.5. The molecule has 0 aliphatic carbocycles. The average molecular weight is 342 g/mol. The molecule has 0 radical (unpaired) electrons. The van der Waals surface area contributed by atoms with Gasteiger partial charge in [0.15, 0.2) is 0 Å². The Hall–Kier alpha value is -0.510. The van der Waals surface area contributed by atoms with Gasteiger partial charge in [-0.15, -0.1) is 25.0 Å². The molecule has 0 saturated carbocycles. The van der Waals surface area contributed by atoms with Crippen LogP contribution in [0.5, 0.6) is 0 Å². The van der Waals surface area contributed by atoms with Gasteiger partial charge in [0.1, 0.15) is 0 Å². The highest BCUT2D eigenvalue weighted by molar-refractivity contribution is 7.97. The van der Waals surface area contributed by atoms with Crippen LogP contribution in [0.1, 0.15) is 61.5 Å². The number of carbonyl (C=O) groups excluding carboxylic acids is 1. The SMILES string of the molecule is CC(C)(C)c1ccc(C(=O)S)c(CCN2CCCCC2)c1.Cl. The number of hydrogen-bond donors (Lipinski definition) is 1. The first-order chi connectivity index (χ1) is 9.88. The molecule has 0 spiro atoms. The van der Waals surface area contributed by atoms with Crippen molar-refractivity contribution >= 4 is 30.2 Å². The van der Waals surface area contributed by atoms with Crippen LogP contribution >= 0.6 is 25.0 Å². The lowest BCUT2D eigenvalue weighted by Gasteiger charge is -2.27. The molecule has 4 heteroatoms. The van der Waals surface area contributed by atoms with E-state index in [0.29, 0.717) is 0 Å². The lowest BCUT2D eigenvalue weighted by Crippen LogP contribution is -2.31. The molecule has 0 N–H and O–H groups in total. The van der Waals surface area contributed by atoms with E-state index < -0.39 is 0 Å². The zero-order chi connectivity index (χ0) is 15.5. The van der Waals surface area contributed by atoms with Crippen molar-refractivity contribution in [3.8, 4) is 0 Å². The van der Waals surface area contributed by atoms with Crippen molar-refractivity contribution in [2.75, 3.05) is 19.6 Å². The summed E-state index contributed by atoms with van der Waals surface area (Å²) in [5, 5.41) is -0.121. The maximum atomic E-state index is 11.7. The standard InChI is InChI=1S/C18H27NOS.ClH/c1-18(2,3)15-7-8-16(17(20)21)14(13-15)9-12-19-10-5-4-6-11-19;/h7-8,13H,4-6,9-12H2,1-3H3,(H,20,21);1H. The van der Waals surface area contributed by atoms with Gasteiger partial charge in [0.2, 0.25) is 5.12 Å². The first-order valence-electron chi connectivity index (χ1n) is 7.97. The molecule has 124 valence electrons. The number of rotatable bonds is 4. The summed E-state index contributed by atoms with van der Waals surface area (Å²) < 4.78 is 0. The highest BCUT2D eigenvalue weighted by Gasteiger charge is 2.18. The van der Waals surface area contributed by atoms with E-state index in [0.717, 1.165) is 24.1 Å². The Morgan fingerprint density at radius 1 is 1.18 bits per heavy atom. The molecule has 0 atom stereocenters. The Morgan fingerprint density at radius 3 is 2.36 bits per heavy atom. The van der Waals surface area contributed by atoms with Crippen molar-refractivity contribution in [2.24, 2.45) is 0 Å². The van der Waals surface area contributed by atoms with E-state index in [1.807, 2.05) is 6.07 Å². The van der Waals surface area contributed by atoms with Gasteiger partial charge in [-0.2, -0.15) is 0 Å². The zero-order valence-corrected chi connectivity index (χ0v) is 15.6. The fourth-order valence-corrected chi connectivity index (χ4v) is 3.16. The summed E-state index contributed by atoms with van der Waals surface area (Å²) in [5.41, 5.74) is 3.31. The molecule has 2 rings (SSSR count).